The Kier molecular flexibility index (Phi) is 3.07. The van der Waals surface area contributed by atoms with E-state index in [0.29, 0.717) is 0 Å². The summed E-state index contributed by atoms with van der Waals surface area (Å²) in [6.45, 7) is 2.99. The van der Waals surface area contributed by atoms with E-state index in [-0.39, 0.29) is 0 Å². The summed E-state index contributed by atoms with van der Waals surface area (Å²) in [5.41, 5.74) is 3.15. The first-order valence-corrected chi connectivity index (χ1v) is 7.43. The highest BCUT2D eigenvalue weighted by Crippen LogP contribution is 2.25. The highest BCUT2D eigenvalue weighted by molar-refractivity contribution is 5.74. The fraction of sp³-hybridized carbons (Fsp3) is 0.294. The predicted molar refractivity (Wildman–Crippen MR) is 83.4 cm³/mol. The minimum atomic E-state index is 0.812. The van der Waals surface area contributed by atoms with Gasteiger partial charge < -0.3 is 9.47 Å². The van der Waals surface area contributed by atoms with E-state index in [9.17, 15) is 0 Å². The number of nitrogens with zero attached hydrogens (tertiary/aromatic N) is 4. The average Bonchev–Trinajstić information content (AvgIpc) is 3.16. The number of rotatable bonds is 3. The van der Waals surface area contributed by atoms with E-state index in [2.05, 4.69) is 44.8 Å². The zero-order valence-electron chi connectivity index (χ0n) is 11.9. The highest BCUT2D eigenvalue weighted by Gasteiger charge is 2.20. The van der Waals surface area contributed by atoms with Crippen LogP contribution in [0.2, 0.25) is 0 Å². The molecule has 105 valence electrons. The van der Waals surface area contributed by atoms with Crippen LogP contribution >= 0.6 is 0 Å². The lowest BCUT2D eigenvalue weighted by Gasteiger charge is -2.18. The van der Waals surface area contributed by atoms with E-state index in [4.69, 9.17) is 4.98 Å². The minimum Gasteiger partial charge on any atom is -0.342 e. The van der Waals surface area contributed by atoms with Crippen molar-refractivity contribution in [2.24, 2.45) is 0 Å². The third-order valence-electron chi connectivity index (χ3n) is 4.02. The Morgan fingerprint density at radius 2 is 1.90 bits per heavy atom. The normalized spacial score (nSPS) is 15.0. The van der Waals surface area contributed by atoms with Crippen LogP contribution in [0.3, 0.4) is 0 Å². The molecular weight excluding hydrogens is 260 g/mol. The highest BCUT2D eigenvalue weighted by atomic mass is 15.3. The maximum atomic E-state index is 4.75. The molecule has 1 saturated heterocycles. The largest absolute Gasteiger partial charge is 0.342 e. The summed E-state index contributed by atoms with van der Waals surface area (Å²) in [7, 11) is 0. The van der Waals surface area contributed by atoms with Gasteiger partial charge in [-0.15, -0.1) is 0 Å². The van der Waals surface area contributed by atoms with Gasteiger partial charge in [0.05, 0.1) is 12.1 Å². The Morgan fingerprint density at radius 1 is 1.10 bits per heavy atom. The second-order valence-corrected chi connectivity index (χ2v) is 5.46. The molecule has 0 bridgehead atoms. The summed E-state index contributed by atoms with van der Waals surface area (Å²) < 4.78 is 2.26. The lowest BCUT2D eigenvalue weighted by atomic mass is 10.2. The zero-order valence-corrected chi connectivity index (χ0v) is 11.9. The van der Waals surface area contributed by atoms with Crippen molar-refractivity contribution in [3.63, 3.8) is 0 Å². The van der Waals surface area contributed by atoms with Crippen LogP contribution in [-0.4, -0.2) is 27.6 Å². The van der Waals surface area contributed by atoms with Crippen LogP contribution in [-0.2, 0) is 6.54 Å². The molecule has 4 heteroatoms. The number of hydrogen-bond acceptors (Lipinski definition) is 3. The van der Waals surface area contributed by atoms with Crippen molar-refractivity contribution in [2.75, 3.05) is 18.0 Å². The van der Waals surface area contributed by atoms with Crippen LogP contribution < -0.4 is 4.90 Å². The molecule has 21 heavy (non-hydrogen) atoms. The van der Waals surface area contributed by atoms with Crippen molar-refractivity contribution >= 4 is 17.1 Å². The van der Waals surface area contributed by atoms with E-state index in [1.165, 1.54) is 18.4 Å². The van der Waals surface area contributed by atoms with Crippen molar-refractivity contribution in [3.05, 3.63) is 54.2 Å². The first-order chi connectivity index (χ1) is 10.4. The summed E-state index contributed by atoms with van der Waals surface area (Å²) in [5.74, 6) is 1.04. The monoisotopic (exact) mass is 277 g/mol. The fourth-order valence-electron chi connectivity index (χ4n) is 2.97. The molecule has 0 saturated carbocycles. The SMILES string of the molecule is [c]1cnc2nc(N3CCCC3)n(Cc3ccccc3)c2c1. The van der Waals surface area contributed by atoms with Gasteiger partial charge in [-0.2, -0.15) is 4.98 Å². The van der Waals surface area contributed by atoms with Crippen LogP contribution in [0.5, 0.6) is 0 Å². The van der Waals surface area contributed by atoms with Crippen LogP contribution in [0, 0.1) is 6.07 Å². The number of imidazole rings is 1. The van der Waals surface area contributed by atoms with Gasteiger partial charge >= 0.3 is 0 Å². The molecule has 4 rings (SSSR count). The van der Waals surface area contributed by atoms with Gasteiger partial charge in [-0.25, -0.2) is 4.98 Å². The minimum absolute atomic E-state index is 0.812. The van der Waals surface area contributed by atoms with Crippen LogP contribution in [0.1, 0.15) is 18.4 Å². The van der Waals surface area contributed by atoms with E-state index < -0.39 is 0 Å². The lowest BCUT2D eigenvalue weighted by Crippen LogP contribution is -2.22. The summed E-state index contributed by atoms with van der Waals surface area (Å²) in [5, 5.41) is 0. The molecule has 1 aliphatic rings. The van der Waals surface area contributed by atoms with E-state index in [1.807, 2.05) is 12.1 Å². The Labute approximate surface area is 124 Å². The maximum Gasteiger partial charge on any atom is 0.208 e. The first-order valence-electron chi connectivity index (χ1n) is 7.43. The number of aromatic nitrogens is 3. The smallest absolute Gasteiger partial charge is 0.208 e. The van der Waals surface area contributed by atoms with Crippen LogP contribution in [0.15, 0.2) is 42.6 Å². The van der Waals surface area contributed by atoms with E-state index >= 15 is 0 Å². The molecule has 0 amide bonds. The molecule has 3 aromatic rings. The van der Waals surface area contributed by atoms with Crippen molar-refractivity contribution < 1.29 is 0 Å². The molecule has 0 unspecified atom stereocenters. The fourth-order valence-corrected chi connectivity index (χ4v) is 2.97. The zero-order chi connectivity index (χ0) is 14.1. The standard InChI is InChI=1S/C17H17N4/c1-2-7-14(8-3-1)13-21-15-9-6-10-18-16(15)19-17(21)20-11-4-5-12-20/h1-3,7-10H,4-5,11-13H2. The molecule has 1 aromatic carbocycles. The van der Waals surface area contributed by atoms with E-state index in [0.717, 1.165) is 36.7 Å². The molecule has 3 heterocycles. The lowest BCUT2D eigenvalue weighted by molar-refractivity contribution is 0.776. The number of pyridine rings is 1. The quantitative estimate of drug-likeness (QED) is 0.738. The summed E-state index contributed by atoms with van der Waals surface area (Å²) >= 11 is 0. The van der Waals surface area contributed by atoms with Crippen molar-refractivity contribution in [2.45, 2.75) is 19.4 Å². The van der Waals surface area contributed by atoms with Crippen LogP contribution in [0.25, 0.3) is 11.2 Å². The third-order valence-corrected chi connectivity index (χ3v) is 4.02. The van der Waals surface area contributed by atoms with Gasteiger partial charge in [0, 0.05) is 25.4 Å². The van der Waals surface area contributed by atoms with Gasteiger partial charge in [-0.05, 0) is 24.5 Å². The summed E-state index contributed by atoms with van der Waals surface area (Å²) in [6, 6.07) is 15.6. The summed E-state index contributed by atoms with van der Waals surface area (Å²) in [6.07, 6.45) is 4.18. The maximum absolute atomic E-state index is 4.75. The molecule has 0 atom stereocenters. The molecule has 1 fully saturated rings. The number of fused-ring (bicyclic) bond motifs is 1. The average molecular weight is 277 g/mol. The Morgan fingerprint density at radius 3 is 2.71 bits per heavy atom. The Hall–Kier alpha value is -2.36. The second-order valence-electron chi connectivity index (χ2n) is 5.46. The molecule has 0 aliphatic carbocycles. The van der Waals surface area contributed by atoms with Gasteiger partial charge in [-0.3, -0.25) is 0 Å². The molecule has 1 aliphatic heterocycles. The van der Waals surface area contributed by atoms with E-state index in [1.54, 1.807) is 6.20 Å². The summed E-state index contributed by atoms with van der Waals surface area (Å²) in [4.78, 5) is 11.5. The topological polar surface area (TPSA) is 34.0 Å². The molecule has 2 aromatic heterocycles. The predicted octanol–water partition coefficient (Wildman–Crippen LogP) is 2.88. The molecule has 1 radical (unpaired) electrons. The van der Waals surface area contributed by atoms with Gasteiger partial charge in [0.15, 0.2) is 5.65 Å². The van der Waals surface area contributed by atoms with Gasteiger partial charge in [-0.1, -0.05) is 30.3 Å². The number of anilines is 1. The van der Waals surface area contributed by atoms with Gasteiger partial charge in [0.1, 0.15) is 0 Å². The number of benzene rings is 1. The number of hydrogen-bond donors (Lipinski definition) is 0. The van der Waals surface area contributed by atoms with Gasteiger partial charge in [0.25, 0.3) is 0 Å². The molecular formula is C17H17N4. The molecule has 0 spiro atoms. The van der Waals surface area contributed by atoms with Crippen LogP contribution in [0.4, 0.5) is 5.95 Å². The third kappa shape index (κ3) is 2.27. The molecule has 0 N–H and O–H groups in total. The van der Waals surface area contributed by atoms with Crippen molar-refractivity contribution in [1.29, 1.82) is 0 Å². The second kappa shape index (κ2) is 5.20. The van der Waals surface area contributed by atoms with Crippen molar-refractivity contribution in [3.8, 4) is 0 Å². The Balaban J connectivity index is 1.82. The van der Waals surface area contributed by atoms with Gasteiger partial charge in [0.2, 0.25) is 5.95 Å². The first kappa shape index (κ1) is 12.4. The van der Waals surface area contributed by atoms with Crippen molar-refractivity contribution in [1.82, 2.24) is 14.5 Å². The molecule has 4 nitrogen and oxygen atoms in total. The Bertz CT molecular complexity index is 742.